The van der Waals surface area contributed by atoms with E-state index < -0.39 is 10.0 Å². The highest BCUT2D eigenvalue weighted by Crippen LogP contribution is 2.31. The van der Waals surface area contributed by atoms with Crippen LogP contribution in [0.2, 0.25) is 4.34 Å². The number of sulfonamides is 1. The molecule has 0 aliphatic carbocycles. The lowest BCUT2D eigenvalue weighted by atomic mass is 10.2. The van der Waals surface area contributed by atoms with Crippen LogP contribution in [0.5, 0.6) is 0 Å². The van der Waals surface area contributed by atoms with Crippen molar-refractivity contribution in [1.29, 1.82) is 0 Å². The first-order valence-electron chi connectivity index (χ1n) is 5.44. The number of nitrogens with two attached hydrogens (primary N) is 1. The Kier molecular flexibility index (Phi) is 3.75. The summed E-state index contributed by atoms with van der Waals surface area (Å²) in [5.74, 6) is 0. The molecule has 0 bridgehead atoms. The van der Waals surface area contributed by atoms with Crippen molar-refractivity contribution in [2.24, 2.45) is 0 Å². The van der Waals surface area contributed by atoms with Gasteiger partial charge >= 0.3 is 0 Å². The minimum atomic E-state index is -3.60. The molecular formula is C12H13ClN2O2S2. The van der Waals surface area contributed by atoms with Crippen LogP contribution in [0.25, 0.3) is 0 Å². The van der Waals surface area contributed by atoms with Crippen LogP contribution < -0.4 is 10.5 Å². The van der Waals surface area contributed by atoms with Gasteiger partial charge in [-0.25, -0.2) is 8.42 Å². The van der Waals surface area contributed by atoms with Crippen molar-refractivity contribution in [3.05, 3.63) is 39.7 Å². The summed E-state index contributed by atoms with van der Waals surface area (Å²) < 4.78 is 27.5. The van der Waals surface area contributed by atoms with E-state index in [1.807, 2.05) is 6.92 Å². The molecule has 0 atom stereocenters. The number of nitrogens with one attached hydrogen (secondary N) is 1. The van der Waals surface area contributed by atoms with Crippen molar-refractivity contribution in [3.63, 3.8) is 0 Å². The van der Waals surface area contributed by atoms with Gasteiger partial charge in [0.05, 0.1) is 4.34 Å². The molecule has 0 amide bonds. The lowest BCUT2D eigenvalue weighted by Gasteiger charge is -2.08. The average Bonchev–Trinajstić information content (AvgIpc) is 2.65. The number of nitrogen functional groups attached to an aromatic ring is 1. The second-order valence-corrected chi connectivity index (χ2v) is 7.76. The van der Waals surface area contributed by atoms with Gasteiger partial charge < -0.3 is 5.73 Å². The van der Waals surface area contributed by atoms with Gasteiger partial charge in [-0.3, -0.25) is 4.72 Å². The zero-order valence-corrected chi connectivity index (χ0v) is 12.8. The Bertz CT molecular complexity index is 704. The lowest BCUT2D eigenvalue weighted by molar-refractivity contribution is 0.603. The van der Waals surface area contributed by atoms with Crippen molar-refractivity contribution in [1.82, 2.24) is 0 Å². The fraction of sp³-hybridized carbons (Fsp3) is 0.167. The average molecular weight is 317 g/mol. The standard InChI is InChI=1S/C12H13ClN2O2S2/c1-7-5-9(3-4-10(7)14)15-19(16,17)11-6-8(2)12(13)18-11/h3-6,15H,14H2,1-2H3. The van der Waals surface area contributed by atoms with Gasteiger partial charge in [0.1, 0.15) is 4.21 Å². The summed E-state index contributed by atoms with van der Waals surface area (Å²) >= 11 is 6.93. The van der Waals surface area contributed by atoms with Crippen molar-refractivity contribution in [2.45, 2.75) is 18.1 Å². The van der Waals surface area contributed by atoms with E-state index in [0.29, 0.717) is 15.7 Å². The number of aryl methyl sites for hydroxylation is 2. The SMILES string of the molecule is Cc1cc(NS(=O)(=O)c2cc(C)c(Cl)s2)ccc1N. The Labute approximate surface area is 121 Å². The maximum atomic E-state index is 12.2. The Morgan fingerprint density at radius 2 is 1.89 bits per heavy atom. The molecule has 0 saturated heterocycles. The number of hydrogen-bond acceptors (Lipinski definition) is 4. The van der Waals surface area contributed by atoms with Gasteiger partial charge in [-0.2, -0.15) is 0 Å². The lowest BCUT2D eigenvalue weighted by Crippen LogP contribution is -2.11. The molecule has 19 heavy (non-hydrogen) atoms. The summed E-state index contributed by atoms with van der Waals surface area (Å²) in [7, 11) is -3.60. The molecule has 0 radical (unpaired) electrons. The van der Waals surface area contributed by atoms with E-state index in [-0.39, 0.29) is 4.21 Å². The minimum absolute atomic E-state index is 0.199. The summed E-state index contributed by atoms with van der Waals surface area (Å²) in [5, 5.41) is 0. The van der Waals surface area contributed by atoms with E-state index in [4.69, 9.17) is 17.3 Å². The third kappa shape index (κ3) is 3.02. The first-order chi connectivity index (χ1) is 8.79. The molecule has 0 saturated carbocycles. The molecule has 4 nitrogen and oxygen atoms in total. The summed E-state index contributed by atoms with van der Waals surface area (Å²) in [6.45, 7) is 3.59. The molecule has 1 aromatic carbocycles. The Morgan fingerprint density at radius 1 is 1.21 bits per heavy atom. The van der Waals surface area contributed by atoms with Crippen LogP contribution in [-0.4, -0.2) is 8.42 Å². The maximum Gasteiger partial charge on any atom is 0.271 e. The quantitative estimate of drug-likeness (QED) is 0.852. The van der Waals surface area contributed by atoms with Crippen molar-refractivity contribution in [3.8, 4) is 0 Å². The van der Waals surface area contributed by atoms with Crippen LogP contribution in [0.3, 0.4) is 0 Å². The summed E-state index contributed by atoms with van der Waals surface area (Å²) in [6.07, 6.45) is 0. The smallest absolute Gasteiger partial charge is 0.271 e. The van der Waals surface area contributed by atoms with Gasteiger partial charge in [0.15, 0.2) is 0 Å². The Balaban J connectivity index is 2.33. The molecule has 0 aliphatic rings. The van der Waals surface area contributed by atoms with E-state index in [0.717, 1.165) is 22.5 Å². The first kappa shape index (κ1) is 14.2. The van der Waals surface area contributed by atoms with Gasteiger partial charge in [-0.05, 0) is 49.2 Å². The van der Waals surface area contributed by atoms with E-state index in [1.54, 1.807) is 31.2 Å². The first-order valence-corrected chi connectivity index (χ1v) is 8.12. The molecule has 102 valence electrons. The molecule has 1 aromatic heterocycles. The predicted molar refractivity (Wildman–Crippen MR) is 80.5 cm³/mol. The van der Waals surface area contributed by atoms with Gasteiger partial charge in [0.25, 0.3) is 10.0 Å². The predicted octanol–water partition coefficient (Wildman–Crippen LogP) is 3.40. The monoisotopic (exact) mass is 316 g/mol. The minimum Gasteiger partial charge on any atom is -0.399 e. The normalized spacial score (nSPS) is 11.5. The van der Waals surface area contributed by atoms with Gasteiger partial charge in [0, 0.05) is 11.4 Å². The molecule has 7 heteroatoms. The van der Waals surface area contributed by atoms with Crippen LogP contribution in [0.1, 0.15) is 11.1 Å². The topological polar surface area (TPSA) is 72.2 Å². The van der Waals surface area contributed by atoms with Crippen molar-refractivity contribution >= 4 is 44.3 Å². The zero-order chi connectivity index (χ0) is 14.2. The molecular weight excluding hydrogens is 304 g/mol. The number of rotatable bonds is 3. The summed E-state index contributed by atoms with van der Waals surface area (Å²) in [6, 6.07) is 6.54. The number of hydrogen-bond donors (Lipinski definition) is 2. The highest BCUT2D eigenvalue weighted by atomic mass is 35.5. The van der Waals surface area contributed by atoms with Gasteiger partial charge in [-0.1, -0.05) is 11.6 Å². The third-order valence-electron chi connectivity index (χ3n) is 2.62. The Morgan fingerprint density at radius 3 is 2.42 bits per heavy atom. The summed E-state index contributed by atoms with van der Waals surface area (Å²) in [4.78, 5) is 0. The maximum absolute atomic E-state index is 12.2. The third-order valence-corrected chi connectivity index (χ3v) is 6.03. The van der Waals surface area contributed by atoms with Crippen molar-refractivity contribution < 1.29 is 8.42 Å². The number of anilines is 2. The number of benzene rings is 1. The summed E-state index contributed by atoms with van der Waals surface area (Å²) in [5.41, 5.74) is 8.37. The highest BCUT2D eigenvalue weighted by Gasteiger charge is 2.18. The van der Waals surface area contributed by atoms with E-state index in [9.17, 15) is 8.42 Å². The van der Waals surface area contributed by atoms with E-state index in [1.165, 1.54) is 0 Å². The fourth-order valence-electron chi connectivity index (χ4n) is 1.51. The van der Waals surface area contributed by atoms with Crippen LogP contribution in [0.4, 0.5) is 11.4 Å². The van der Waals surface area contributed by atoms with Crippen LogP contribution >= 0.6 is 22.9 Å². The second kappa shape index (κ2) is 5.03. The number of halogens is 1. The molecule has 0 fully saturated rings. The number of thiophene rings is 1. The molecule has 2 rings (SSSR count). The van der Waals surface area contributed by atoms with Crippen LogP contribution in [-0.2, 0) is 10.0 Å². The molecule has 0 unspecified atom stereocenters. The molecule has 0 aliphatic heterocycles. The molecule has 0 spiro atoms. The Hall–Kier alpha value is -1.24. The molecule has 1 heterocycles. The van der Waals surface area contributed by atoms with E-state index >= 15 is 0 Å². The zero-order valence-electron chi connectivity index (χ0n) is 10.4. The van der Waals surface area contributed by atoms with E-state index in [2.05, 4.69) is 4.72 Å². The van der Waals surface area contributed by atoms with Gasteiger partial charge in [0.2, 0.25) is 0 Å². The second-order valence-electron chi connectivity index (χ2n) is 4.20. The molecule has 3 N–H and O–H groups in total. The van der Waals surface area contributed by atoms with Crippen LogP contribution in [0, 0.1) is 13.8 Å². The fourth-order valence-corrected chi connectivity index (χ4v) is 4.27. The van der Waals surface area contributed by atoms with Crippen molar-refractivity contribution in [2.75, 3.05) is 10.5 Å². The van der Waals surface area contributed by atoms with Gasteiger partial charge in [-0.15, -0.1) is 11.3 Å². The van der Waals surface area contributed by atoms with Crippen LogP contribution in [0.15, 0.2) is 28.5 Å². The molecule has 2 aromatic rings. The highest BCUT2D eigenvalue weighted by molar-refractivity contribution is 7.94. The largest absolute Gasteiger partial charge is 0.399 e.